The van der Waals surface area contributed by atoms with Crippen LogP contribution in [0.1, 0.15) is 34.1 Å². The molecular formula is C10H19NO2. The van der Waals surface area contributed by atoms with Crippen LogP contribution in [0.3, 0.4) is 0 Å². The maximum atomic E-state index is 11.1. The van der Waals surface area contributed by atoms with E-state index in [0.717, 1.165) is 0 Å². The van der Waals surface area contributed by atoms with Gasteiger partial charge < -0.3 is 10.5 Å². The third-order valence-corrected chi connectivity index (χ3v) is 1.17. The van der Waals surface area contributed by atoms with Crippen molar-refractivity contribution in [2.24, 2.45) is 5.73 Å². The van der Waals surface area contributed by atoms with Crippen molar-refractivity contribution in [3.63, 3.8) is 0 Å². The molecule has 13 heavy (non-hydrogen) atoms. The highest BCUT2D eigenvalue weighted by Gasteiger charge is 2.13. The van der Waals surface area contributed by atoms with Crippen molar-refractivity contribution >= 4 is 5.97 Å². The summed E-state index contributed by atoms with van der Waals surface area (Å²) in [5.74, 6) is -0.312. The Hall–Kier alpha value is -0.830. The summed E-state index contributed by atoms with van der Waals surface area (Å²) in [7, 11) is 0. The Morgan fingerprint density at radius 3 is 2.46 bits per heavy atom. The molecule has 0 saturated carbocycles. The van der Waals surface area contributed by atoms with Gasteiger partial charge in [-0.25, -0.2) is 4.79 Å². The molecule has 0 bridgehead atoms. The van der Waals surface area contributed by atoms with Crippen molar-refractivity contribution in [1.82, 2.24) is 0 Å². The van der Waals surface area contributed by atoms with Gasteiger partial charge in [-0.15, -0.1) is 0 Å². The fourth-order valence-corrected chi connectivity index (χ4v) is 0.715. The molecule has 0 saturated heterocycles. The number of rotatable bonds is 3. The van der Waals surface area contributed by atoms with Crippen LogP contribution in [0.4, 0.5) is 0 Å². The molecule has 0 aromatic carbocycles. The normalized spacial score (nSPS) is 14.5. The van der Waals surface area contributed by atoms with Gasteiger partial charge in [0, 0.05) is 12.1 Å². The number of nitrogens with two attached hydrogens (primary N) is 1. The van der Waals surface area contributed by atoms with Gasteiger partial charge in [0.1, 0.15) is 5.60 Å². The van der Waals surface area contributed by atoms with E-state index in [-0.39, 0.29) is 12.0 Å². The maximum absolute atomic E-state index is 11.1. The number of carbonyl (C=O) groups excluding carboxylic acids is 1. The van der Waals surface area contributed by atoms with Gasteiger partial charge in [0.25, 0.3) is 0 Å². The zero-order chi connectivity index (χ0) is 10.5. The second-order valence-corrected chi connectivity index (χ2v) is 4.15. The van der Waals surface area contributed by atoms with E-state index in [0.29, 0.717) is 6.42 Å². The summed E-state index contributed by atoms with van der Waals surface area (Å²) in [6.45, 7) is 7.40. The van der Waals surface area contributed by atoms with Crippen LogP contribution in [0.2, 0.25) is 0 Å². The standard InChI is InChI=1S/C10H19NO2/c1-8(11)6-5-7-9(12)13-10(2,3)4/h5,7-8H,6,11H2,1-4H3. The number of esters is 1. The number of carbonyl (C=O) groups is 1. The van der Waals surface area contributed by atoms with Gasteiger partial charge >= 0.3 is 5.97 Å². The molecule has 76 valence electrons. The molecule has 3 nitrogen and oxygen atoms in total. The molecule has 0 aromatic heterocycles. The van der Waals surface area contributed by atoms with Crippen molar-refractivity contribution in [1.29, 1.82) is 0 Å². The second kappa shape index (κ2) is 5.02. The number of ether oxygens (including phenoxy) is 1. The molecule has 1 atom stereocenters. The molecule has 0 amide bonds. The number of hydrogen-bond acceptors (Lipinski definition) is 3. The lowest BCUT2D eigenvalue weighted by Crippen LogP contribution is -2.22. The van der Waals surface area contributed by atoms with Gasteiger partial charge in [-0.3, -0.25) is 0 Å². The summed E-state index contributed by atoms with van der Waals surface area (Å²) in [6.07, 6.45) is 3.85. The average Bonchev–Trinajstić information content (AvgIpc) is 1.81. The van der Waals surface area contributed by atoms with E-state index >= 15 is 0 Å². The van der Waals surface area contributed by atoms with Crippen LogP contribution in [-0.2, 0) is 9.53 Å². The summed E-state index contributed by atoms with van der Waals surface area (Å²) >= 11 is 0. The van der Waals surface area contributed by atoms with E-state index in [1.165, 1.54) is 6.08 Å². The monoisotopic (exact) mass is 185 g/mol. The quantitative estimate of drug-likeness (QED) is 0.537. The van der Waals surface area contributed by atoms with Crippen LogP contribution in [-0.4, -0.2) is 17.6 Å². The van der Waals surface area contributed by atoms with Crippen molar-refractivity contribution in [2.45, 2.75) is 45.8 Å². The molecule has 0 fully saturated rings. The minimum absolute atomic E-state index is 0.0821. The van der Waals surface area contributed by atoms with Crippen LogP contribution in [0.25, 0.3) is 0 Å². The molecule has 0 aliphatic carbocycles. The van der Waals surface area contributed by atoms with Gasteiger partial charge in [0.2, 0.25) is 0 Å². The highest BCUT2D eigenvalue weighted by molar-refractivity contribution is 5.82. The van der Waals surface area contributed by atoms with Crippen molar-refractivity contribution in [3.8, 4) is 0 Å². The highest BCUT2D eigenvalue weighted by Crippen LogP contribution is 2.07. The van der Waals surface area contributed by atoms with Crippen LogP contribution in [0, 0.1) is 0 Å². The molecule has 0 aliphatic heterocycles. The summed E-state index contributed by atoms with van der Waals surface area (Å²) < 4.78 is 5.05. The lowest BCUT2D eigenvalue weighted by atomic mass is 10.2. The van der Waals surface area contributed by atoms with Gasteiger partial charge in [0.05, 0.1) is 0 Å². The Kier molecular flexibility index (Phi) is 4.70. The summed E-state index contributed by atoms with van der Waals surface area (Å²) in [5, 5.41) is 0. The second-order valence-electron chi connectivity index (χ2n) is 4.15. The smallest absolute Gasteiger partial charge is 0.330 e. The first kappa shape index (κ1) is 12.2. The van der Waals surface area contributed by atoms with Crippen molar-refractivity contribution in [3.05, 3.63) is 12.2 Å². The predicted octanol–water partition coefficient (Wildman–Crippen LogP) is 1.62. The molecule has 0 aliphatic rings. The van der Waals surface area contributed by atoms with Gasteiger partial charge in [-0.05, 0) is 34.1 Å². The van der Waals surface area contributed by atoms with E-state index in [1.54, 1.807) is 6.08 Å². The molecule has 0 heterocycles. The largest absolute Gasteiger partial charge is 0.457 e. The molecule has 2 N–H and O–H groups in total. The van der Waals surface area contributed by atoms with Crippen LogP contribution < -0.4 is 5.73 Å². The first-order valence-corrected chi connectivity index (χ1v) is 4.46. The third-order valence-electron chi connectivity index (χ3n) is 1.17. The fraction of sp³-hybridized carbons (Fsp3) is 0.700. The van der Waals surface area contributed by atoms with Crippen LogP contribution >= 0.6 is 0 Å². The fourth-order valence-electron chi connectivity index (χ4n) is 0.715. The summed E-state index contributed by atoms with van der Waals surface area (Å²) in [4.78, 5) is 11.1. The average molecular weight is 185 g/mol. The number of hydrogen-bond donors (Lipinski definition) is 1. The maximum Gasteiger partial charge on any atom is 0.330 e. The van der Waals surface area contributed by atoms with Gasteiger partial charge in [-0.1, -0.05) is 6.08 Å². The van der Waals surface area contributed by atoms with Gasteiger partial charge in [0.15, 0.2) is 0 Å². The molecule has 0 radical (unpaired) electrons. The highest BCUT2D eigenvalue weighted by atomic mass is 16.6. The Labute approximate surface area is 79.9 Å². The SMILES string of the molecule is CC(N)CC=CC(=O)OC(C)(C)C. The van der Waals surface area contributed by atoms with E-state index in [1.807, 2.05) is 27.7 Å². The first-order valence-electron chi connectivity index (χ1n) is 4.46. The molecule has 3 heteroatoms. The summed E-state index contributed by atoms with van der Waals surface area (Å²) in [6, 6.07) is 0.0821. The Bertz CT molecular complexity index is 190. The van der Waals surface area contributed by atoms with E-state index < -0.39 is 5.60 Å². The van der Waals surface area contributed by atoms with Crippen molar-refractivity contribution < 1.29 is 9.53 Å². The lowest BCUT2D eigenvalue weighted by Gasteiger charge is -2.17. The van der Waals surface area contributed by atoms with Gasteiger partial charge in [-0.2, -0.15) is 0 Å². The minimum atomic E-state index is -0.421. The third kappa shape index (κ3) is 9.08. The van der Waals surface area contributed by atoms with E-state index in [9.17, 15) is 4.79 Å². The zero-order valence-electron chi connectivity index (χ0n) is 8.83. The molecule has 0 rings (SSSR count). The van der Waals surface area contributed by atoms with Crippen LogP contribution in [0.5, 0.6) is 0 Å². The van der Waals surface area contributed by atoms with E-state index in [4.69, 9.17) is 10.5 Å². The molecule has 0 spiro atoms. The first-order chi connectivity index (χ1) is 5.81. The molecule has 1 unspecified atom stereocenters. The van der Waals surface area contributed by atoms with Crippen LogP contribution in [0.15, 0.2) is 12.2 Å². The minimum Gasteiger partial charge on any atom is -0.457 e. The lowest BCUT2D eigenvalue weighted by molar-refractivity contribution is -0.148. The Morgan fingerprint density at radius 1 is 1.54 bits per heavy atom. The zero-order valence-corrected chi connectivity index (χ0v) is 8.83. The van der Waals surface area contributed by atoms with Crippen molar-refractivity contribution in [2.75, 3.05) is 0 Å². The Balaban J connectivity index is 3.81. The Morgan fingerprint density at radius 2 is 2.08 bits per heavy atom. The molecule has 0 aromatic rings. The topological polar surface area (TPSA) is 52.3 Å². The van der Waals surface area contributed by atoms with E-state index in [2.05, 4.69) is 0 Å². The summed E-state index contributed by atoms with van der Waals surface area (Å²) in [5.41, 5.74) is 5.08. The predicted molar refractivity (Wildman–Crippen MR) is 53.3 cm³/mol. The molecular weight excluding hydrogens is 166 g/mol.